The highest BCUT2D eigenvalue weighted by Crippen LogP contribution is 2.20. The molecule has 2 aromatic rings. The Balaban J connectivity index is 2.48. The third-order valence-corrected chi connectivity index (χ3v) is 3.49. The molecule has 0 aromatic carbocycles. The quantitative estimate of drug-likeness (QED) is 0.872. The zero-order chi connectivity index (χ0) is 12.6. The molecule has 1 N–H and O–H groups in total. The van der Waals surface area contributed by atoms with Gasteiger partial charge in [-0.3, -0.25) is 19.4 Å². The van der Waals surface area contributed by atoms with Gasteiger partial charge in [-0.1, -0.05) is 0 Å². The van der Waals surface area contributed by atoms with Gasteiger partial charge in [0.25, 0.3) is 11.1 Å². The fraction of sp³-hybridized carbons (Fsp3) is 0.300. The van der Waals surface area contributed by atoms with Gasteiger partial charge < -0.3 is 0 Å². The molecule has 0 unspecified atom stereocenters. The van der Waals surface area contributed by atoms with E-state index in [9.17, 15) is 9.59 Å². The maximum Gasteiger partial charge on any atom is 0.265 e. The van der Waals surface area contributed by atoms with E-state index in [1.54, 1.807) is 11.7 Å². The summed E-state index contributed by atoms with van der Waals surface area (Å²) in [5, 5.41) is 6.70. The van der Waals surface area contributed by atoms with Gasteiger partial charge in [0.05, 0.1) is 22.4 Å². The van der Waals surface area contributed by atoms with Crippen LogP contribution in [0.1, 0.15) is 11.4 Å². The van der Waals surface area contributed by atoms with E-state index in [2.05, 4.69) is 26.1 Å². The first kappa shape index (κ1) is 11.8. The van der Waals surface area contributed by atoms with Crippen molar-refractivity contribution in [1.29, 1.82) is 0 Å². The highest BCUT2D eigenvalue weighted by molar-refractivity contribution is 9.10. The highest BCUT2D eigenvalue weighted by atomic mass is 79.9. The molecule has 0 saturated carbocycles. The van der Waals surface area contributed by atoms with Gasteiger partial charge in [0.2, 0.25) is 0 Å². The molecule has 0 radical (unpaired) electrons. The van der Waals surface area contributed by atoms with Crippen LogP contribution >= 0.6 is 15.9 Å². The number of H-pyrrole nitrogens is 1. The topological polar surface area (TPSA) is 72.7 Å². The minimum absolute atomic E-state index is 0.254. The summed E-state index contributed by atoms with van der Waals surface area (Å²) in [7, 11) is 1.79. The number of hydrogen-bond donors (Lipinski definition) is 1. The Morgan fingerprint density at radius 2 is 2.12 bits per heavy atom. The maximum atomic E-state index is 11.6. The Hall–Kier alpha value is -1.63. The number of nitrogens with one attached hydrogen (secondary N) is 1. The molecule has 0 fully saturated rings. The Kier molecular flexibility index (Phi) is 3.01. The monoisotopic (exact) mass is 298 g/mol. The van der Waals surface area contributed by atoms with Crippen molar-refractivity contribution in [2.24, 2.45) is 7.05 Å². The Morgan fingerprint density at radius 1 is 1.41 bits per heavy atom. The van der Waals surface area contributed by atoms with Crippen molar-refractivity contribution >= 4 is 15.9 Å². The molecule has 6 nitrogen and oxygen atoms in total. The maximum absolute atomic E-state index is 11.6. The average Bonchev–Trinajstić information content (AvgIpc) is 2.50. The largest absolute Gasteiger partial charge is 0.269 e. The predicted molar refractivity (Wildman–Crippen MR) is 66.1 cm³/mol. The van der Waals surface area contributed by atoms with Crippen LogP contribution in [0.25, 0.3) is 0 Å². The molecular formula is C10H11BrN4O2. The molecule has 2 rings (SSSR count). The Bertz CT molecular complexity index is 668. The molecule has 17 heavy (non-hydrogen) atoms. The second-order valence-corrected chi connectivity index (χ2v) is 4.50. The molecule has 0 aliphatic heterocycles. The first-order valence-electron chi connectivity index (χ1n) is 4.97. The lowest BCUT2D eigenvalue weighted by Crippen LogP contribution is -2.29. The predicted octanol–water partition coefficient (Wildman–Crippen LogP) is 0.389. The normalized spacial score (nSPS) is 10.8. The third kappa shape index (κ3) is 2.23. The van der Waals surface area contributed by atoms with E-state index in [0.29, 0.717) is 0 Å². The number of hydrogen-bond acceptors (Lipinski definition) is 3. The average molecular weight is 299 g/mol. The van der Waals surface area contributed by atoms with E-state index >= 15 is 0 Å². The summed E-state index contributed by atoms with van der Waals surface area (Å²) in [4.78, 5) is 22.7. The summed E-state index contributed by atoms with van der Waals surface area (Å²) in [6.45, 7) is 2.14. The van der Waals surface area contributed by atoms with Crippen LogP contribution in [-0.2, 0) is 13.6 Å². The van der Waals surface area contributed by atoms with Crippen LogP contribution in [0.15, 0.2) is 26.2 Å². The standard InChI is InChI=1S/C10H11BrN4O2/c1-6-10(11)7(14(2)12-6)5-15-9(17)4-3-8(16)13-15/h3-4H,5H2,1-2H3,(H,13,16). The van der Waals surface area contributed by atoms with Gasteiger partial charge in [-0.15, -0.1) is 0 Å². The molecule has 0 spiro atoms. The van der Waals surface area contributed by atoms with Gasteiger partial charge in [-0.2, -0.15) is 5.10 Å². The van der Waals surface area contributed by atoms with Crippen LogP contribution in [0, 0.1) is 6.92 Å². The van der Waals surface area contributed by atoms with Crippen LogP contribution in [-0.4, -0.2) is 19.6 Å². The smallest absolute Gasteiger partial charge is 0.265 e. The summed E-state index contributed by atoms with van der Waals surface area (Å²) in [5.41, 5.74) is 1.11. The minimum atomic E-state index is -0.306. The lowest BCUT2D eigenvalue weighted by molar-refractivity contribution is 0.582. The molecule has 90 valence electrons. The third-order valence-electron chi connectivity index (χ3n) is 2.46. The number of halogens is 1. The molecule has 0 bridgehead atoms. The fourth-order valence-electron chi connectivity index (χ4n) is 1.58. The van der Waals surface area contributed by atoms with E-state index in [1.807, 2.05) is 6.92 Å². The van der Waals surface area contributed by atoms with Gasteiger partial charge in [-0.05, 0) is 22.9 Å². The van der Waals surface area contributed by atoms with Crippen molar-refractivity contribution < 1.29 is 0 Å². The van der Waals surface area contributed by atoms with E-state index in [4.69, 9.17) is 0 Å². The molecule has 2 heterocycles. The summed E-state index contributed by atoms with van der Waals surface area (Å²) in [6, 6.07) is 2.46. The summed E-state index contributed by atoms with van der Waals surface area (Å²) >= 11 is 3.41. The van der Waals surface area contributed by atoms with E-state index in [-0.39, 0.29) is 17.7 Å². The molecule has 2 aromatic heterocycles. The summed E-state index contributed by atoms with van der Waals surface area (Å²) in [5.74, 6) is 0. The lowest BCUT2D eigenvalue weighted by Gasteiger charge is -2.05. The van der Waals surface area contributed by atoms with Gasteiger partial charge in [-0.25, -0.2) is 4.68 Å². The number of aromatic amines is 1. The zero-order valence-electron chi connectivity index (χ0n) is 9.40. The lowest BCUT2D eigenvalue weighted by atomic mass is 10.3. The van der Waals surface area contributed by atoms with Crippen LogP contribution in [0.4, 0.5) is 0 Å². The Morgan fingerprint density at radius 3 is 2.71 bits per heavy atom. The van der Waals surface area contributed by atoms with Crippen molar-refractivity contribution in [1.82, 2.24) is 19.6 Å². The molecule has 0 saturated heterocycles. The van der Waals surface area contributed by atoms with E-state index < -0.39 is 0 Å². The van der Waals surface area contributed by atoms with Gasteiger partial charge in [0.15, 0.2) is 0 Å². The number of rotatable bonds is 2. The van der Waals surface area contributed by atoms with E-state index in [1.165, 1.54) is 16.8 Å². The van der Waals surface area contributed by atoms with Crippen molar-refractivity contribution in [2.75, 3.05) is 0 Å². The van der Waals surface area contributed by atoms with Crippen LogP contribution in [0.3, 0.4) is 0 Å². The van der Waals surface area contributed by atoms with Crippen molar-refractivity contribution in [2.45, 2.75) is 13.5 Å². The van der Waals surface area contributed by atoms with Crippen LogP contribution < -0.4 is 11.1 Å². The first-order chi connectivity index (χ1) is 7.99. The van der Waals surface area contributed by atoms with Crippen LogP contribution in [0.2, 0.25) is 0 Å². The number of nitrogens with zero attached hydrogens (tertiary/aromatic N) is 3. The fourth-order valence-corrected chi connectivity index (χ4v) is 2.04. The SMILES string of the molecule is Cc1nn(C)c(Cn2[nH]c(=O)ccc2=O)c1Br. The van der Waals surface area contributed by atoms with Crippen molar-refractivity contribution in [3.63, 3.8) is 0 Å². The molecule has 0 aliphatic rings. The Labute approximate surface area is 105 Å². The number of aryl methyl sites for hydroxylation is 2. The van der Waals surface area contributed by atoms with Crippen LogP contribution in [0.5, 0.6) is 0 Å². The second kappa shape index (κ2) is 4.33. The molecular weight excluding hydrogens is 288 g/mol. The minimum Gasteiger partial charge on any atom is -0.269 e. The first-order valence-corrected chi connectivity index (χ1v) is 5.76. The van der Waals surface area contributed by atoms with Gasteiger partial charge in [0, 0.05) is 19.2 Å². The van der Waals surface area contributed by atoms with Gasteiger partial charge in [0.1, 0.15) is 0 Å². The number of aromatic nitrogens is 4. The summed E-state index contributed by atoms with van der Waals surface area (Å²) < 4.78 is 3.78. The van der Waals surface area contributed by atoms with Crippen molar-refractivity contribution in [3.05, 3.63) is 48.7 Å². The zero-order valence-corrected chi connectivity index (χ0v) is 11.0. The van der Waals surface area contributed by atoms with Crippen molar-refractivity contribution in [3.8, 4) is 0 Å². The van der Waals surface area contributed by atoms with Gasteiger partial charge >= 0.3 is 0 Å². The van der Waals surface area contributed by atoms with E-state index in [0.717, 1.165) is 15.9 Å². The molecule has 0 aliphatic carbocycles. The summed E-state index contributed by atoms with van der Waals surface area (Å²) in [6.07, 6.45) is 0. The molecule has 0 amide bonds. The molecule has 7 heteroatoms. The second-order valence-electron chi connectivity index (χ2n) is 3.70. The highest BCUT2D eigenvalue weighted by Gasteiger charge is 2.11. The molecule has 0 atom stereocenters.